The molecule has 0 bridgehead atoms. The van der Waals surface area contributed by atoms with Crippen molar-refractivity contribution in [1.29, 1.82) is 0 Å². The van der Waals surface area contributed by atoms with Crippen LogP contribution in [0.2, 0.25) is 0 Å². The van der Waals surface area contributed by atoms with Crippen LogP contribution in [-0.2, 0) is 0 Å². The highest BCUT2D eigenvalue weighted by atomic mass is 16.6. The van der Waals surface area contributed by atoms with Gasteiger partial charge in [-0.3, -0.25) is 4.79 Å². The Bertz CT molecular complexity index is 1180. The van der Waals surface area contributed by atoms with E-state index in [-0.39, 0.29) is 16.8 Å². The van der Waals surface area contributed by atoms with E-state index >= 15 is 0 Å². The summed E-state index contributed by atoms with van der Waals surface area (Å²) in [6.45, 7) is 3.03. The number of aromatic carboxylic acids is 1. The third-order valence-electron chi connectivity index (χ3n) is 5.34. The lowest BCUT2D eigenvalue weighted by Crippen LogP contribution is -2.60. The Kier molecular flexibility index (Phi) is 4.48. The lowest BCUT2D eigenvalue weighted by atomic mass is 9.76. The Balaban J connectivity index is 1.96. The van der Waals surface area contributed by atoms with Crippen LogP contribution in [0.5, 0.6) is 5.75 Å². The minimum Gasteiger partial charge on any atom is -0.482 e. The predicted molar refractivity (Wildman–Crippen MR) is 107 cm³/mol. The minimum atomic E-state index is -2.44. The summed E-state index contributed by atoms with van der Waals surface area (Å²) in [5.74, 6) is -4.45. The summed E-state index contributed by atoms with van der Waals surface area (Å²) in [5.41, 5.74) is -0.915. The van der Waals surface area contributed by atoms with Gasteiger partial charge in [0.1, 0.15) is 5.75 Å². The molecule has 1 atom stereocenters. The largest absolute Gasteiger partial charge is 0.482 e. The van der Waals surface area contributed by atoms with E-state index in [4.69, 9.17) is 4.74 Å². The fraction of sp³-hybridized carbons (Fsp3) is 0.227. The van der Waals surface area contributed by atoms with Gasteiger partial charge in [-0.1, -0.05) is 18.2 Å². The number of benzene rings is 2. The highest BCUT2D eigenvalue weighted by molar-refractivity contribution is 5.88. The molecule has 0 radical (unpaired) electrons. The number of carboxylic acids is 1. The van der Waals surface area contributed by atoms with E-state index in [0.29, 0.717) is 11.4 Å². The molecule has 154 valence electrons. The molecule has 3 N–H and O–H groups in total. The van der Waals surface area contributed by atoms with E-state index in [1.165, 1.54) is 44.2 Å². The molecule has 30 heavy (non-hydrogen) atoms. The zero-order valence-corrected chi connectivity index (χ0v) is 16.3. The SMILES string of the molecule is CC1(C)Oc2ccc(C(=O)O)cc2C(c2ccc(=O)n(-c3ccccc3)n2)C1(O)O. The van der Waals surface area contributed by atoms with E-state index in [2.05, 4.69) is 5.10 Å². The average Bonchev–Trinajstić information content (AvgIpc) is 2.70. The van der Waals surface area contributed by atoms with Crippen molar-refractivity contribution in [2.45, 2.75) is 31.2 Å². The van der Waals surface area contributed by atoms with Crippen LogP contribution in [-0.4, -0.2) is 42.5 Å². The molecule has 1 unspecified atom stereocenters. The first-order valence-corrected chi connectivity index (χ1v) is 9.28. The number of hydrogen-bond donors (Lipinski definition) is 3. The Hall–Kier alpha value is -3.49. The summed E-state index contributed by atoms with van der Waals surface area (Å²) in [6, 6.07) is 15.6. The number of aliphatic hydroxyl groups is 2. The number of fused-ring (bicyclic) bond motifs is 1. The van der Waals surface area contributed by atoms with Crippen molar-refractivity contribution in [1.82, 2.24) is 9.78 Å². The molecule has 4 rings (SSSR count). The molecule has 2 heterocycles. The Morgan fingerprint density at radius 1 is 1.07 bits per heavy atom. The molecule has 0 fully saturated rings. The van der Waals surface area contributed by atoms with Crippen molar-refractivity contribution < 1.29 is 24.9 Å². The molecule has 0 spiro atoms. The van der Waals surface area contributed by atoms with E-state index in [1.807, 2.05) is 0 Å². The molecule has 1 aromatic heterocycles. The van der Waals surface area contributed by atoms with E-state index in [1.54, 1.807) is 30.3 Å². The van der Waals surface area contributed by atoms with Crippen molar-refractivity contribution >= 4 is 5.97 Å². The molecule has 0 aliphatic carbocycles. The normalized spacial score (nSPS) is 18.9. The summed E-state index contributed by atoms with van der Waals surface area (Å²) in [5, 5.41) is 35.9. The van der Waals surface area contributed by atoms with Crippen LogP contribution in [0.1, 0.15) is 41.4 Å². The number of rotatable bonds is 3. The summed E-state index contributed by atoms with van der Waals surface area (Å²) in [6.07, 6.45) is 0. The lowest BCUT2D eigenvalue weighted by Gasteiger charge is -2.47. The second kappa shape index (κ2) is 6.79. The zero-order chi connectivity index (χ0) is 21.7. The third kappa shape index (κ3) is 3.06. The maximum absolute atomic E-state index is 12.4. The highest BCUT2D eigenvalue weighted by Gasteiger charge is 2.56. The second-order valence-electron chi connectivity index (χ2n) is 7.67. The van der Waals surface area contributed by atoms with E-state index in [9.17, 15) is 24.9 Å². The van der Waals surface area contributed by atoms with Gasteiger partial charge in [0.15, 0.2) is 5.60 Å². The van der Waals surface area contributed by atoms with Gasteiger partial charge in [-0.15, -0.1) is 0 Å². The van der Waals surface area contributed by atoms with Crippen molar-refractivity contribution in [3.8, 4) is 11.4 Å². The topological polar surface area (TPSA) is 122 Å². The van der Waals surface area contributed by atoms with Crippen molar-refractivity contribution in [3.05, 3.63) is 87.8 Å². The first-order valence-electron chi connectivity index (χ1n) is 9.28. The van der Waals surface area contributed by atoms with Gasteiger partial charge in [-0.25, -0.2) is 4.79 Å². The lowest BCUT2D eigenvalue weighted by molar-refractivity contribution is -0.269. The number of ether oxygens (including phenoxy) is 1. The quantitative estimate of drug-likeness (QED) is 0.566. The van der Waals surface area contributed by atoms with Gasteiger partial charge in [0, 0.05) is 11.6 Å². The fourth-order valence-corrected chi connectivity index (χ4v) is 3.61. The highest BCUT2D eigenvalue weighted by Crippen LogP contribution is 2.49. The van der Waals surface area contributed by atoms with Crippen molar-refractivity contribution in [3.63, 3.8) is 0 Å². The second-order valence-corrected chi connectivity index (χ2v) is 7.67. The Labute approximate surface area is 171 Å². The number of aromatic nitrogens is 2. The predicted octanol–water partition coefficient (Wildman–Crippen LogP) is 1.91. The van der Waals surface area contributed by atoms with Crippen molar-refractivity contribution in [2.24, 2.45) is 0 Å². The van der Waals surface area contributed by atoms with Crippen LogP contribution >= 0.6 is 0 Å². The van der Waals surface area contributed by atoms with E-state index in [0.717, 1.165) is 4.68 Å². The van der Waals surface area contributed by atoms with Gasteiger partial charge in [0.25, 0.3) is 5.56 Å². The van der Waals surface area contributed by atoms with Crippen LogP contribution < -0.4 is 10.3 Å². The third-order valence-corrected chi connectivity index (χ3v) is 5.34. The van der Waals surface area contributed by atoms with Crippen LogP contribution in [0.15, 0.2) is 65.5 Å². The number of hydrogen-bond acceptors (Lipinski definition) is 6. The Morgan fingerprint density at radius 2 is 1.77 bits per heavy atom. The van der Waals surface area contributed by atoms with Crippen molar-refractivity contribution in [2.75, 3.05) is 0 Å². The molecule has 1 aliphatic rings. The van der Waals surface area contributed by atoms with Gasteiger partial charge in [-0.2, -0.15) is 9.78 Å². The summed E-state index contributed by atoms with van der Waals surface area (Å²) < 4.78 is 6.93. The van der Waals surface area contributed by atoms with E-state index < -0.39 is 28.8 Å². The first-order chi connectivity index (χ1) is 14.1. The zero-order valence-electron chi connectivity index (χ0n) is 16.3. The number of carboxylic acid groups (broad SMARTS) is 1. The standard InChI is InChI=1S/C22H20N2O6/c1-21(2)22(28,29)19(15-12-13(20(26)27)8-10-17(15)30-21)16-9-11-18(25)24(23-16)14-6-4-3-5-7-14/h3-12,19,28-29H,1-2H3,(H,26,27). The summed E-state index contributed by atoms with van der Waals surface area (Å²) in [4.78, 5) is 23.9. The first kappa shape index (κ1) is 19.8. The molecule has 0 saturated heterocycles. The maximum atomic E-state index is 12.4. The number of nitrogens with zero attached hydrogens (tertiary/aromatic N) is 2. The number of para-hydroxylation sites is 1. The van der Waals surface area contributed by atoms with Gasteiger partial charge in [0.2, 0.25) is 5.79 Å². The molecule has 8 heteroatoms. The molecular formula is C22H20N2O6. The van der Waals surface area contributed by atoms with Gasteiger partial charge in [0.05, 0.1) is 22.9 Å². The maximum Gasteiger partial charge on any atom is 0.335 e. The van der Waals surface area contributed by atoms with Gasteiger partial charge < -0.3 is 20.1 Å². The molecule has 0 saturated carbocycles. The fourth-order valence-electron chi connectivity index (χ4n) is 3.61. The average molecular weight is 408 g/mol. The number of carbonyl (C=O) groups is 1. The van der Waals surface area contributed by atoms with Crippen LogP contribution in [0.4, 0.5) is 0 Å². The molecule has 1 aliphatic heterocycles. The monoisotopic (exact) mass is 408 g/mol. The molecule has 2 aromatic carbocycles. The summed E-state index contributed by atoms with van der Waals surface area (Å²) in [7, 11) is 0. The van der Waals surface area contributed by atoms with Crippen LogP contribution in [0.3, 0.4) is 0 Å². The van der Waals surface area contributed by atoms with Gasteiger partial charge >= 0.3 is 5.97 Å². The molecule has 0 amide bonds. The molecular weight excluding hydrogens is 388 g/mol. The van der Waals surface area contributed by atoms with Crippen LogP contribution in [0, 0.1) is 0 Å². The smallest absolute Gasteiger partial charge is 0.335 e. The van der Waals surface area contributed by atoms with Gasteiger partial charge in [-0.05, 0) is 50.2 Å². The summed E-state index contributed by atoms with van der Waals surface area (Å²) >= 11 is 0. The van der Waals surface area contributed by atoms with Crippen LogP contribution in [0.25, 0.3) is 5.69 Å². The minimum absolute atomic E-state index is 0.0331. The Morgan fingerprint density at radius 3 is 2.43 bits per heavy atom. The molecule has 3 aromatic rings. The molecule has 8 nitrogen and oxygen atoms in total.